The van der Waals surface area contributed by atoms with Gasteiger partial charge in [0.1, 0.15) is 9.84 Å². The van der Waals surface area contributed by atoms with Crippen molar-refractivity contribution in [2.45, 2.75) is 81.0 Å². The second-order valence-electron chi connectivity index (χ2n) is 8.58. The van der Waals surface area contributed by atoms with Gasteiger partial charge in [-0.05, 0) is 57.1 Å². The minimum Gasteiger partial charge on any atom is -0.297 e. The number of thioether (sulfide) groups is 1. The van der Waals surface area contributed by atoms with E-state index < -0.39 is 9.84 Å². The molecule has 0 amide bonds. The van der Waals surface area contributed by atoms with Gasteiger partial charge in [-0.2, -0.15) is 11.8 Å². The van der Waals surface area contributed by atoms with E-state index in [1.807, 2.05) is 11.8 Å². The minimum atomic E-state index is -2.87. The largest absolute Gasteiger partial charge is 0.297 e. The quantitative estimate of drug-likeness (QED) is 0.681. The zero-order valence-corrected chi connectivity index (χ0v) is 18.2. The van der Waals surface area contributed by atoms with E-state index in [0.29, 0.717) is 29.3 Å². The minimum absolute atomic E-state index is 0.101. The number of piperidine rings is 1. The predicted molar refractivity (Wildman–Crippen MR) is 111 cm³/mol. The smallest absolute Gasteiger partial charge is 0.150 e. The lowest BCUT2D eigenvalue weighted by Gasteiger charge is -2.42. The van der Waals surface area contributed by atoms with Crippen molar-refractivity contribution in [3.8, 4) is 0 Å². The number of rotatable bonds is 7. The summed E-state index contributed by atoms with van der Waals surface area (Å²) in [5.74, 6) is 1.35. The molecule has 3 rings (SSSR count). The van der Waals surface area contributed by atoms with E-state index in [1.165, 1.54) is 31.9 Å². The molecule has 5 nitrogen and oxygen atoms in total. The molecule has 0 aromatic heterocycles. The first-order valence-electron chi connectivity index (χ1n) is 10.4. The van der Waals surface area contributed by atoms with Crippen LogP contribution in [0.1, 0.15) is 58.3 Å². The summed E-state index contributed by atoms with van der Waals surface area (Å²) in [6, 6.07) is 0.554. The average Bonchev–Trinajstić information content (AvgIpc) is 3.03. The van der Waals surface area contributed by atoms with E-state index in [-0.39, 0.29) is 5.25 Å². The number of hydrogen-bond donors (Lipinski definition) is 2. The van der Waals surface area contributed by atoms with Crippen LogP contribution < -0.4 is 10.7 Å². The van der Waals surface area contributed by atoms with Crippen LogP contribution in [0, 0.1) is 11.8 Å². The Bertz CT molecular complexity index is 549. The van der Waals surface area contributed by atoms with Crippen LogP contribution in [-0.4, -0.2) is 61.7 Å². The molecule has 0 aromatic carbocycles. The SMILES string of the molecule is CCCC(CN1NCC2CCC(C3CCC(S(C)(=O)=O)CC3)NC21)SC. The number of nitrogens with one attached hydrogen (secondary N) is 2. The zero-order chi connectivity index (χ0) is 18.7. The highest BCUT2D eigenvalue weighted by Gasteiger charge is 2.42. The van der Waals surface area contributed by atoms with Crippen LogP contribution in [0.15, 0.2) is 0 Å². The fraction of sp³-hybridized carbons (Fsp3) is 1.00. The van der Waals surface area contributed by atoms with Gasteiger partial charge in [0.05, 0.1) is 11.4 Å². The molecular weight excluding hydrogens is 366 g/mol. The molecule has 2 aliphatic heterocycles. The fourth-order valence-electron chi connectivity index (χ4n) is 5.18. The standard InChI is InChI=1S/C19H37N3O2S2/c1-4-5-16(25-2)13-22-19-15(12-20-22)8-11-18(21-19)14-6-9-17(10-7-14)26(3,23)24/h14-21H,4-13H2,1-3H3. The molecule has 7 heteroatoms. The molecule has 4 unspecified atom stereocenters. The highest BCUT2D eigenvalue weighted by Crippen LogP contribution is 2.36. The summed E-state index contributed by atoms with van der Waals surface area (Å²) >= 11 is 1.99. The van der Waals surface area contributed by atoms with Crippen LogP contribution in [0.25, 0.3) is 0 Å². The lowest BCUT2D eigenvalue weighted by atomic mass is 9.78. The molecule has 0 radical (unpaired) electrons. The summed E-state index contributed by atoms with van der Waals surface area (Å²) in [5.41, 5.74) is 3.65. The summed E-state index contributed by atoms with van der Waals surface area (Å²) in [4.78, 5) is 0. The first-order chi connectivity index (χ1) is 12.4. The lowest BCUT2D eigenvalue weighted by molar-refractivity contribution is 0.0825. The van der Waals surface area contributed by atoms with Crippen molar-refractivity contribution in [2.24, 2.45) is 11.8 Å². The Morgan fingerprint density at radius 1 is 1.12 bits per heavy atom. The lowest BCUT2D eigenvalue weighted by Crippen LogP contribution is -2.57. The highest BCUT2D eigenvalue weighted by molar-refractivity contribution is 7.99. The predicted octanol–water partition coefficient (Wildman–Crippen LogP) is 2.64. The van der Waals surface area contributed by atoms with E-state index in [1.54, 1.807) is 0 Å². The van der Waals surface area contributed by atoms with Crippen molar-refractivity contribution in [3.63, 3.8) is 0 Å². The van der Waals surface area contributed by atoms with Gasteiger partial charge in [0, 0.05) is 36.6 Å². The molecule has 0 spiro atoms. The van der Waals surface area contributed by atoms with Crippen molar-refractivity contribution < 1.29 is 8.42 Å². The average molecular weight is 404 g/mol. The monoisotopic (exact) mass is 403 g/mol. The second kappa shape index (κ2) is 9.12. The Balaban J connectivity index is 1.55. The van der Waals surface area contributed by atoms with Crippen LogP contribution in [0.5, 0.6) is 0 Å². The number of hydrogen-bond acceptors (Lipinski definition) is 6. The molecule has 26 heavy (non-hydrogen) atoms. The van der Waals surface area contributed by atoms with Crippen molar-refractivity contribution in [1.82, 2.24) is 15.8 Å². The number of fused-ring (bicyclic) bond motifs is 1. The molecule has 1 aliphatic carbocycles. The topological polar surface area (TPSA) is 61.4 Å². The number of sulfone groups is 1. The number of nitrogens with zero attached hydrogens (tertiary/aromatic N) is 1. The van der Waals surface area contributed by atoms with Crippen molar-refractivity contribution in [1.29, 1.82) is 0 Å². The highest BCUT2D eigenvalue weighted by atomic mass is 32.2. The Kier molecular flexibility index (Phi) is 7.33. The van der Waals surface area contributed by atoms with Crippen LogP contribution in [-0.2, 0) is 9.84 Å². The van der Waals surface area contributed by atoms with Crippen LogP contribution in [0.3, 0.4) is 0 Å². The maximum absolute atomic E-state index is 11.8. The molecule has 3 fully saturated rings. The molecule has 2 N–H and O–H groups in total. The first kappa shape index (κ1) is 20.9. The van der Waals surface area contributed by atoms with Crippen molar-refractivity contribution in [3.05, 3.63) is 0 Å². The third-order valence-electron chi connectivity index (χ3n) is 6.81. The fourth-order valence-corrected chi connectivity index (χ4v) is 7.08. The molecule has 152 valence electrons. The molecule has 2 saturated heterocycles. The first-order valence-corrected chi connectivity index (χ1v) is 13.6. The van der Waals surface area contributed by atoms with E-state index in [0.717, 1.165) is 38.8 Å². The van der Waals surface area contributed by atoms with E-state index >= 15 is 0 Å². The van der Waals surface area contributed by atoms with Gasteiger partial charge in [-0.25, -0.2) is 13.4 Å². The zero-order valence-electron chi connectivity index (χ0n) is 16.6. The molecule has 0 aromatic rings. The summed E-state index contributed by atoms with van der Waals surface area (Å²) in [5, 5.41) is 7.03. The maximum Gasteiger partial charge on any atom is 0.150 e. The van der Waals surface area contributed by atoms with Gasteiger partial charge in [-0.3, -0.25) is 10.7 Å². The van der Waals surface area contributed by atoms with Gasteiger partial charge < -0.3 is 0 Å². The summed E-state index contributed by atoms with van der Waals surface area (Å²) < 4.78 is 23.6. The molecule has 1 saturated carbocycles. The van der Waals surface area contributed by atoms with Gasteiger partial charge in [0.2, 0.25) is 0 Å². The third-order valence-corrected chi connectivity index (χ3v) is 9.54. The summed E-state index contributed by atoms with van der Waals surface area (Å²) in [6.07, 6.45) is 12.9. The van der Waals surface area contributed by atoms with Gasteiger partial charge >= 0.3 is 0 Å². The molecule has 3 aliphatic rings. The third kappa shape index (κ3) is 4.96. The van der Waals surface area contributed by atoms with Crippen LogP contribution >= 0.6 is 11.8 Å². The second-order valence-corrected chi connectivity index (χ2v) is 12.0. The van der Waals surface area contributed by atoms with E-state index in [2.05, 4.69) is 28.9 Å². The Morgan fingerprint density at radius 3 is 2.42 bits per heavy atom. The van der Waals surface area contributed by atoms with Crippen molar-refractivity contribution >= 4 is 21.6 Å². The number of hydrazine groups is 1. The Hall–Kier alpha value is 0.180. The van der Waals surface area contributed by atoms with Crippen LogP contribution in [0.4, 0.5) is 0 Å². The Morgan fingerprint density at radius 2 is 1.81 bits per heavy atom. The maximum atomic E-state index is 11.8. The molecule has 4 atom stereocenters. The van der Waals surface area contributed by atoms with Gasteiger partial charge in [0.25, 0.3) is 0 Å². The van der Waals surface area contributed by atoms with E-state index in [9.17, 15) is 8.42 Å². The van der Waals surface area contributed by atoms with Crippen LogP contribution in [0.2, 0.25) is 0 Å². The molecule has 2 heterocycles. The van der Waals surface area contributed by atoms with Gasteiger partial charge in [-0.15, -0.1) is 0 Å². The van der Waals surface area contributed by atoms with Gasteiger partial charge in [-0.1, -0.05) is 13.3 Å². The van der Waals surface area contributed by atoms with Crippen molar-refractivity contribution in [2.75, 3.05) is 25.6 Å². The molecular formula is C19H37N3O2S2. The van der Waals surface area contributed by atoms with Gasteiger partial charge in [0.15, 0.2) is 0 Å². The Labute approximate surface area is 164 Å². The summed E-state index contributed by atoms with van der Waals surface area (Å²) in [7, 11) is -2.87. The normalized spacial score (nSPS) is 37.4. The van der Waals surface area contributed by atoms with E-state index in [4.69, 9.17) is 0 Å². The summed E-state index contributed by atoms with van der Waals surface area (Å²) in [6.45, 7) is 4.47. The molecule has 0 bridgehead atoms.